The summed E-state index contributed by atoms with van der Waals surface area (Å²) in [7, 11) is 0. The largest absolute Gasteiger partial charge is 0.458 e. The summed E-state index contributed by atoms with van der Waals surface area (Å²) in [5, 5.41) is 24.2. The number of aliphatic hydroxyl groups excluding tert-OH is 1. The van der Waals surface area contributed by atoms with E-state index in [9.17, 15) is 34.2 Å². The minimum atomic E-state index is -2.05. The second-order valence-corrected chi connectivity index (χ2v) is 13.3. The van der Waals surface area contributed by atoms with E-state index in [2.05, 4.69) is 6.58 Å². The molecule has 11 heteroatoms. The molecule has 2 aliphatic carbocycles. The smallest absolute Gasteiger partial charge is 0.338 e. The Labute approximate surface area is 269 Å². The Morgan fingerprint density at radius 2 is 1.48 bits per heavy atom. The van der Waals surface area contributed by atoms with Crippen LogP contribution in [0.5, 0.6) is 0 Å². The Balaban J connectivity index is 2.32. The van der Waals surface area contributed by atoms with Gasteiger partial charge in [-0.2, -0.15) is 0 Å². The highest BCUT2D eigenvalue weighted by Gasteiger charge is 2.62. The first-order valence-electron chi connectivity index (χ1n) is 15.5. The van der Waals surface area contributed by atoms with Crippen molar-refractivity contribution in [2.24, 2.45) is 29.1 Å². The predicted octanol–water partition coefficient (Wildman–Crippen LogP) is 3.75. The molecule has 0 unspecified atom stereocenters. The molecular formula is C35H46O11. The number of fused-ring (bicyclic) bond motifs is 1. The summed E-state index contributed by atoms with van der Waals surface area (Å²) in [6.45, 7) is 15.9. The minimum Gasteiger partial charge on any atom is -0.458 e. The summed E-state index contributed by atoms with van der Waals surface area (Å²) in [6.07, 6.45) is -4.67. The molecule has 2 aliphatic rings. The normalized spacial score (nSPS) is 33.5. The fraction of sp³-hybridized carbons (Fsp3) is 0.571. The van der Waals surface area contributed by atoms with E-state index < -0.39 is 94.9 Å². The van der Waals surface area contributed by atoms with Crippen molar-refractivity contribution in [2.45, 2.75) is 97.9 Å². The molecule has 1 aromatic rings. The number of esters is 4. The highest BCUT2D eigenvalue weighted by atomic mass is 16.6. The van der Waals surface area contributed by atoms with Gasteiger partial charge in [0.05, 0.1) is 23.5 Å². The molecule has 0 bridgehead atoms. The van der Waals surface area contributed by atoms with Crippen LogP contribution in [-0.4, -0.2) is 76.0 Å². The summed E-state index contributed by atoms with van der Waals surface area (Å²) < 4.78 is 23.1. The van der Waals surface area contributed by atoms with E-state index in [4.69, 9.17) is 18.9 Å². The summed E-state index contributed by atoms with van der Waals surface area (Å²) in [6, 6.07) is 8.15. The fourth-order valence-electron chi connectivity index (χ4n) is 6.26. The standard InChI is InChI=1S/C35H46O11/c1-18(2)32(40)46-29-28(44-23(7)37)21(5)27(43-22(6)36)25-26(45-33(41)24-13-11-10-12-14-24)20(4)17-35(25,42)30(38)19(3)15-16-34(8,9)31(29)39/h10-16,18-20,25-30,38,42H,5,17H2,1-4,6-9H3/b16-15+/t19-,20+,25-,26+,27+,28+,29-,30-,35-/m1/s1. The molecule has 1 fully saturated rings. The molecule has 0 aromatic heterocycles. The molecular weight excluding hydrogens is 596 g/mol. The highest BCUT2D eigenvalue weighted by molar-refractivity contribution is 5.93. The number of hydrogen-bond donors (Lipinski definition) is 2. The maximum Gasteiger partial charge on any atom is 0.338 e. The Bertz CT molecular complexity index is 1360. The topological polar surface area (TPSA) is 163 Å². The summed E-state index contributed by atoms with van der Waals surface area (Å²) in [5.41, 5.74) is -3.36. The molecule has 1 saturated carbocycles. The zero-order valence-electron chi connectivity index (χ0n) is 27.7. The first-order valence-corrected chi connectivity index (χ1v) is 15.5. The Kier molecular flexibility index (Phi) is 11.4. The van der Waals surface area contributed by atoms with Gasteiger partial charge in [-0.3, -0.25) is 19.2 Å². The predicted molar refractivity (Wildman–Crippen MR) is 166 cm³/mol. The second-order valence-electron chi connectivity index (χ2n) is 13.3. The van der Waals surface area contributed by atoms with E-state index >= 15 is 0 Å². The lowest BCUT2D eigenvalue weighted by Crippen LogP contribution is -2.58. The van der Waals surface area contributed by atoms with E-state index in [-0.39, 0.29) is 17.6 Å². The Hall–Kier alpha value is -3.83. The van der Waals surface area contributed by atoms with Crippen LogP contribution in [-0.2, 0) is 38.1 Å². The molecule has 9 atom stereocenters. The molecule has 0 heterocycles. The van der Waals surface area contributed by atoms with Crippen LogP contribution in [0.15, 0.2) is 54.6 Å². The minimum absolute atomic E-state index is 0.0822. The number of Topliss-reactive ketones (excluding diaryl/α,β-unsaturated/α-hetero) is 1. The molecule has 1 aromatic carbocycles. The van der Waals surface area contributed by atoms with Crippen molar-refractivity contribution in [3.05, 3.63) is 60.2 Å². The molecule has 3 rings (SSSR count). The fourth-order valence-corrected chi connectivity index (χ4v) is 6.26. The van der Waals surface area contributed by atoms with Crippen molar-refractivity contribution in [1.29, 1.82) is 0 Å². The number of aliphatic hydroxyl groups is 2. The first kappa shape index (κ1) is 36.6. The van der Waals surface area contributed by atoms with Gasteiger partial charge >= 0.3 is 23.9 Å². The highest BCUT2D eigenvalue weighted by Crippen LogP contribution is 2.50. The lowest BCUT2D eigenvalue weighted by atomic mass is 9.72. The van der Waals surface area contributed by atoms with E-state index in [1.807, 2.05) is 0 Å². The molecule has 0 radical (unpaired) electrons. The third-order valence-corrected chi connectivity index (χ3v) is 8.75. The number of ether oxygens (including phenoxy) is 4. The van der Waals surface area contributed by atoms with Crippen molar-refractivity contribution in [1.82, 2.24) is 0 Å². The summed E-state index contributed by atoms with van der Waals surface area (Å²) in [5.74, 6) is -7.20. The van der Waals surface area contributed by atoms with E-state index in [1.54, 1.807) is 78.0 Å². The molecule has 46 heavy (non-hydrogen) atoms. The van der Waals surface area contributed by atoms with Gasteiger partial charge in [-0.1, -0.05) is 64.6 Å². The van der Waals surface area contributed by atoms with Gasteiger partial charge in [0, 0.05) is 30.8 Å². The van der Waals surface area contributed by atoms with E-state index in [1.165, 1.54) is 6.08 Å². The average Bonchev–Trinajstić information content (AvgIpc) is 3.23. The van der Waals surface area contributed by atoms with Gasteiger partial charge in [0.15, 0.2) is 11.9 Å². The third kappa shape index (κ3) is 7.75. The number of hydrogen-bond acceptors (Lipinski definition) is 11. The van der Waals surface area contributed by atoms with Crippen molar-refractivity contribution >= 4 is 29.7 Å². The van der Waals surface area contributed by atoms with Crippen LogP contribution in [0.1, 0.15) is 72.2 Å². The van der Waals surface area contributed by atoms with Crippen LogP contribution < -0.4 is 0 Å². The number of allylic oxidation sites excluding steroid dienone is 1. The quantitative estimate of drug-likeness (QED) is 0.264. The van der Waals surface area contributed by atoms with E-state index in [0.29, 0.717) is 0 Å². The zero-order chi connectivity index (χ0) is 34.7. The van der Waals surface area contributed by atoms with Crippen LogP contribution in [0.2, 0.25) is 0 Å². The molecule has 0 saturated heterocycles. The zero-order valence-corrected chi connectivity index (χ0v) is 27.7. The van der Waals surface area contributed by atoms with Crippen LogP contribution in [0.25, 0.3) is 0 Å². The van der Waals surface area contributed by atoms with Crippen molar-refractivity contribution in [3.63, 3.8) is 0 Å². The molecule has 0 amide bonds. The van der Waals surface area contributed by atoms with E-state index in [0.717, 1.165) is 13.8 Å². The second kappa shape index (κ2) is 14.3. The van der Waals surface area contributed by atoms with Crippen molar-refractivity contribution in [3.8, 4) is 0 Å². The van der Waals surface area contributed by atoms with Crippen LogP contribution in [0.4, 0.5) is 0 Å². The van der Waals surface area contributed by atoms with Crippen molar-refractivity contribution in [2.75, 3.05) is 0 Å². The number of carbonyl (C=O) groups excluding carboxylic acids is 5. The molecule has 0 aliphatic heterocycles. The number of ketones is 1. The number of rotatable bonds is 6. The van der Waals surface area contributed by atoms with Gasteiger partial charge in [-0.15, -0.1) is 0 Å². The lowest BCUT2D eigenvalue weighted by molar-refractivity contribution is -0.181. The molecule has 11 nitrogen and oxygen atoms in total. The number of benzene rings is 1. The molecule has 2 N–H and O–H groups in total. The maximum atomic E-state index is 14.2. The Morgan fingerprint density at radius 1 is 0.913 bits per heavy atom. The van der Waals surface area contributed by atoms with Crippen LogP contribution in [0, 0.1) is 29.1 Å². The third-order valence-electron chi connectivity index (χ3n) is 8.75. The van der Waals surface area contributed by atoms with Gasteiger partial charge in [0.25, 0.3) is 0 Å². The van der Waals surface area contributed by atoms with Crippen LogP contribution >= 0.6 is 0 Å². The van der Waals surface area contributed by atoms with Gasteiger partial charge in [-0.25, -0.2) is 4.79 Å². The van der Waals surface area contributed by atoms with Gasteiger partial charge in [-0.05, 0) is 38.3 Å². The summed E-state index contributed by atoms with van der Waals surface area (Å²) in [4.78, 5) is 65.6. The van der Waals surface area contributed by atoms with Crippen LogP contribution in [0.3, 0.4) is 0 Å². The molecule has 0 spiro atoms. The van der Waals surface area contributed by atoms with Gasteiger partial charge in [0.2, 0.25) is 6.10 Å². The monoisotopic (exact) mass is 642 g/mol. The van der Waals surface area contributed by atoms with Crippen molar-refractivity contribution < 1.29 is 53.1 Å². The summed E-state index contributed by atoms with van der Waals surface area (Å²) >= 11 is 0. The first-order chi connectivity index (χ1) is 21.3. The lowest BCUT2D eigenvalue weighted by Gasteiger charge is -2.44. The average molecular weight is 643 g/mol. The molecule has 252 valence electrons. The van der Waals surface area contributed by atoms with Gasteiger partial charge in [0.1, 0.15) is 17.8 Å². The van der Waals surface area contributed by atoms with Gasteiger partial charge < -0.3 is 29.2 Å². The maximum absolute atomic E-state index is 14.2. The number of carbonyl (C=O) groups is 5. The SMILES string of the molecule is C=C1[C@H](OC(C)=O)[C@H]2[C@@H](OC(=O)c3ccccc3)[C@@H](C)C[C@]2(O)[C@H](O)[C@H](C)/C=C/C(C)(C)C(=O)[C@H](OC(=O)C(C)C)[C@H]1OC(C)=O. The Morgan fingerprint density at radius 3 is 2.02 bits per heavy atom.